The number of benzene rings is 2. The van der Waals surface area contributed by atoms with E-state index < -0.39 is 0 Å². The number of thioether (sulfide) groups is 1. The zero-order valence-corrected chi connectivity index (χ0v) is 15.5. The number of rotatable bonds is 7. The maximum Gasteiger partial charge on any atom is 0.225 e. The second-order valence-electron chi connectivity index (χ2n) is 5.56. The first-order chi connectivity index (χ1) is 12.7. The molecule has 2 aromatic carbocycles. The quantitative estimate of drug-likeness (QED) is 0.628. The van der Waals surface area contributed by atoms with Gasteiger partial charge < -0.3 is 14.8 Å². The van der Waals surface area contributed by atoms with Crippen molar-refractivity contribution in [1.29, 1.82) is 0 Å². The largest absolute Gasteiger partial charge is 0.497 e. The summed E-state index contributed by atoms with van der Waals surface area (Å²) in [4.78, 5) is 16.8. The number of hydrogen-bond acceptors (Lipinski definition) is 5. The Kier molecular flexibility index (Phi) is 5.96. The molecule has 134 valence electrons. The van der Waals surface area contributed by atoms with Crippen molar-refractivity contribution in [2.24, 2.45) is 0 Å². The number of carbonyl (C=O) groups excluding carboxylic acids is 1. The molecule has 1 N–H and O–H groups in total. The molecule has 1 aromatic heterocycles. The molecule has 5 nitrogen and oxygen atoms in total. The highest BCUT2D eigenvalue weighted by Crippen LogP contribution is 2.29. The molecule has 0 radical (unpaired) electrons. The van der Waals surface area contributed by atoms with E-state index >= 15 is 0 Å². The standard InChI is InChI=1S/C20H20N2O3S/c1-24-15-8-9-18(25-2)17(13-15)21-19(23)11-12-26-20-10-7-14-5-3-4-6-16(14)22-20/h3-10,13H,11-12H2,1-2H3,(H,21,23). The maximum atomic E-state index is 12.2. The Balaban J connectivity index is 1.57. The summed E-state index contributed by atoms with van der Waals surface area (Å²) in [6, 6.07) is 17.3. The zero-order chi connectivity index (χ0) is 18.4. The molecule has 26 heavy (non-hydrogen) atoms. The van der Waals surface area contributed by atoms with Crippen molar-refractivity contribution in [3.63, 3.8) is 0 Å². The molecule has 1 amide bonds. The SMILES string of the molecule is COc1ccc(OC)c(NC(=O)CCSc2ccc3ccccc3n2)c1. The number of anilines is 1. The molecule has 0 spiro atoms. The number of aromatic nitrogens is 1. The maximum absolute atomic E-state index is 12.2. The van der Waals surface area contributed by atoms with Crippen molar-refractivity contribution in [3.8, 4) is 11.5 Å². The smallest absolute Gasteiger partial charge is 0.225 e. The van der Waals surface area contributed by atoms with Gasteiger partial charge in [-0.05, 0) is 24.3 Å². The fourth-order valence-electron chi connectivity index (χ4n) is 2.50. The van der Waals surface area contributed by atoms with Crippen LogP contribution in [0.2, 0.25) is 0 Å². The van der Waals surface area contributed by atoms with Gasteiger partial charge in [0.2, 0.25) is 5.91 Å². The van der Waals surface area contributed by atoms with Gasteiger partial charge in [0.15, 0.2) is 0 Å². The van der Waals surface area contributed by atoms with Crippen LogP contribution in [0.25, 0.3) is 10.9 Å². The number of nitrogens with zero attached hydrogens (tertiary/aromatic N) is 1. The van der Waals surface area contributed by atoms with Crippen molar-refractivity contribution in [3.05, 3.63) is 54.6 Å². The van der Waals surface area contributed by atoms with E-state index in [2.05, 4.69) is 10.3 Å². The van der Waals surface area contributed by atoms with Gasteiger partial charge in [0.05, 0.1) is 30.4 Å². The molecule has 6 heteroatoms. The monoisotopic (exact) mass is 368 g/mol. The Labute approximate surface area is 156 Å². The van der Waals surface area contributed by atoms with Crippen LogP contribution in [0.1, 0.15) is 6.42 Å². The van der Waals surface area contributed by atoms with Crippen molar-refractivity contribution in [2.45, 2.75) is 11.4 Å². The summed E-state index contributed by atoms with van der Waals surface area (Å²) < 4.78 is 10.5. The summed E-state index contributed by atoms with van der Waals surface area (Å²) in [6.45, 7) is 0. The Morgan fingerprint density at radius 3 is 2.73 bits per heavy atom. The average molecular weight is 368 g/mol. The second-order valence-corrected chi connectivity index (χ2v) is 6.67. The normalized spacial score (nSPS) is 10.5. The third-order valence-electron chi connectivity index (χ3n) is 3.83. The fraction of sp³-hybridized carbons (Fsp3) is 0.200. The number of amides is 1. The van der Waals surface area contributed by atoms with Crippen LogP contribution in [0.3, 0.4) is 0 Å². The Hall–Kier alpha value is -2.73. The van der Waals surface area contributed by atoms with E-state index in [9.17, 15) is 4.79 Å². The van der Waals surface area contributed by atoms with Gasteiger partial charge in [-0.25, -0.2) is 4.98 Å². The van der Waals surface area contributed by atoms with E-state index in [4.69, 9.17) is 9.47 Å². The number of nitrogens with one attached hydrogen (secondary N) is 1. The molecule has 0 fully saturated rings. The minimum Gasteiger partial charge on any atom is -0.497 e. The Morgan fingerprint density at radius 2 is 1.92 bits per heavy atom. The molecular weight excluding hydrogens is 348 g/mol. The third kappa shape index (κ3) is 4.46. The highest BCUT2D eigenvalue weighted by Gasteiger charge is 2.09. The summed E-state index contributed by atoms with van der Waals surface area (Å²) >= 11 is 1.56. The first kappa shape index (κ1) is 18.1. The highest BCUT2D eigenvalue weighted by molar-refractivity contribution is 7.99. The van der Waals surface area contributed by atoms with Crippen LogP contribution < -0.4 is 14.8 Å². The van der Waals surface area contributed by atoms with Crippen LogP contribution in [0.15, 0.2) is 59.6 Å². The number of carbonyl (C=O) groups is 1. The van der Waals surface area contributed by atoms with Gasteiger partial charge in [-0.2, -0.15) is 0 Å². The van der Waals surface area contributed by atoms with Gasteiger partial charge in [-0.15, -0.1) is 11.8 Å². The van der Waals surface area contributed by atoms with Crippen molar-refractivity contribution >= 4 is 34.3 Å². The first-order valence-corrected chi connectivity index (χ1v) is 9.18. The zero-order valence-electron chi connectivity index (χ0n) is 14.7. The highest BCUT2D eigenvalue weighted by atomic mass is 32.2. The van der Waals surface area contributed by atoms with E-state index in [0.29, 0.717) is 29.4 Å². The van der Waals surface area contributed by atoms with Crippen molar-refractivity contribution in [2.75, 3.05) is 25.3 Å². The molecule has 0 aliphatic rings. The van der Waals surface area contributed by atoms with E-state index in [1.165, 1.54) is 0 Å². The number of pyridine rings is 1. The fourth-order valence-corrected chi connectivity index (χ4v) is 3.32. The lowest BCUT2D eigenvalue weighted by molar-refractivity contribution is -0.115. The number of hydrogen-bond donors (Lipinski definition) is 1. The lowest BCUT2D eigenvalue weighted by Crippen LogP contribution is -2.13. The Morgan fingerprint density at radius 1 is 1.08 bits per heavy atom. The molecule has 0 saturated carbocycles. The molecule has 0 saturated heterocycles. The van der Waals surface area contributed by atoms with Crippen LogP contribution in [0, 0.1) is 0 Å². The summed E-state index contributed by atoms with van der Waals surface area (Å²) in [6.07, 6.45) is 0.375. The minimum absolute atomic E-state index is 0.0788. The predicted molar refractivity (Wildman–Crippen MR) is 105 cm³/mol. The van der Waals surface area contributed by atoms with Gasteiger partial charge in [0.1, 0.15) is 11.5 Å². The van der Waals surface area contributed by atoms with Crippen molar-refractivity contribution in [1.82, 2.24) is 4.98 Å². The van der Waals surface area contributed by atoms with Crippen LogP contribution in [-0.4, -0.2) is 30.9 Å². The number of ether oxygens (including phenoxy) is 2. The molecule has 3 aromatic rings. The molecule has 0 aliphatic heterocycles. The van der Waals surface area contributed by atoms with Gasteiger partial charge in [0, 0.05) is 23.6 Å². The molecule has 0 unspecified atom stereocenters. The van der Waals surface area contributed by atoms with E-state index in [0.717, 1.165) is 15.9 Å². The number of para-hydroxylation sites is 1. The van der Waals surface area contributed by atoms with Gasteiger partial charge in [-0.3, -0.25) is 4.79 Å². The summed E-state index contributed by atoms with van der Waals surface area (Å²) in [5, 5.41) is 4.90. The molecule has 0 bridgehead atoms. The molecule has 1 heterocycles. The van der Waals surface area contributed by atoms with E-state index in [1.807, 2.05) is 36.4 Å². The molecule has 3 rings (SSSR count). The molecular formula is C20H20N2O3S. The lowest BCUT2D eigenvalue weighted by atomic mass is 10.2. The predicted octanol–water partition coefficient (Wildman–Crippen LogP) is 4.37. The van der Waals surface area contributed by atoms with Crippen LogP contribution >= 0.6 is 11.8 Å². The molecule has 0 atom stereocenters. The molecule has 0 aliphatic carbocycles. The third-order valence-corrected chi connectivity index (χ3v) is 4.76. The Bertz CT molecular complexity index is 914. The van der Waals surface area contributed by atoms with Crippen LogP contribution in [0.5, 0.6) is 11.5 Å². The van der Waals surface area contributed by atoms with Crippen LogP contribution in [-0.2, 0) is 4.79 Å². The van der Waals surface area contributed by atoms with E-state index in [1.54, 1.807) is 44.2 Å². The van der Waals surface area contributed by atoms with Crippen LogP contribution in [0.4, 0.5) is 5.69 Å². The second kappa shape index (κ2) is 8.58. The summed E-state index contributed by atoms with van der Waals surface area (Å²) in [5.74, 6) is 1.83. The number of methoxy groups -OCH3 is 2. The summed E-state index contributed by atoms with van der Waals surface area (Å²) in [5.41, 5.74) is 1.56. The van der Waals surface area contributed by atoms with Gasteiger partial charge in [-0.1, -0.05) is 24.3 Å². The topological polar surface area (TPSA) is 60.5 Å². The lowest BCUT2D eigenvalue weighted by Gasteiger charge is -2.11. The minimum atomic E-state index is -0.0788. The van der Waals surface area contributed by atoms with Gasteiger partial charge >= 0.3 is 0 Å². The summed E-state index contributed by atoms with van der Waals surface area (Å²) in [7, 11) is 3.15. The average Bonchev–Trinajstić information content (AvgIpc) is 2.67. The number of fused-ring (bicyclic) bond motifs is 1. The van der Waals surface area contributed by atoms with Crippen molar-refractivity contribution < 1.29 is 14.3 Å². The van der Waals surface area contributed by atoms with Gasteiger partial charge in [0.25, 0.3) is 0 Å². The first-order valence-electron chi connectivity index (χ1n) is 8.20. The van der Waals surface area contributed by atoms with E-state index in [-0.39, 0.29) is 5.91 Å².